The number of imidazole rings is 1. The average Bonchev–Trinajstić information content (AvgIpc) is 3.00. The Labute approximate surface area is 122 Å². The SMILES string of the molecule is Cc1nc2c(n1CCc1nc(CCl)cs1)CCCC2. The van der Waals surface area contributed by atoms with E-state index in [9.17, 15) is 0 Å². The summed E-state index contributed by atoms with van der Waals surface area (Å²) in [5, 5.41) is 3.23. The van der Waals surface area contributed by atoms with Crippen molar-refractivity contribution < 1.29 is 0 Å². The maximum absolute atomic E-state index is 5.79. The topological polar surface area (TPSA) is 30.7 Å². The van der Waals surface area contributed by atoms with E-state index in [1.807, 2.05) is 0 Å². The Kier molecular flexibility index (Phi) is 3.89. The molecule has 2 heterocycles. The zero-order valence-electron chi connectivity index (χ0n) is 11.2. The van der Waals surface area contributed by atoms with Gasteiger partial charge in [0.15, 0.2) is 0 Å². The number of thiazole rings is 1. The molecule has 0 amide bonds. The fraction of sp³-hybridized carbons (Fsp3) is 0.571. The predicted octanol–water partition coefficient (Wildman–Crippen LogP) is 3.51. The molecular formula is C14H18ClN3S. The van der Waals surface area contributed by atoms with Crippen molar-refractivity contribution in [3.05, 3.63) is 33.3 Å². The van der Waals surface area contributed by atoms with Gasteiger partial charge in [0, 0.05) is 24.0 Å². The summed E-state index contributed by atoms with van der Waals surface area (Å²) in [5.41, 5.74) is 3.77. The minimum absolute atomic E-state index is 0.510. The second-order valence-electron chi connectivity index (χ2n) is 5.03. The summed E-state index contributed by atoms with van der Waals surface area (Å²) < 4.78 is 2.39. The largest absolute Gasteiger partial charge is 0.332 e. The quantitative estimate of drug-likeness (QED) is 0.808. The van der Waals surface area contributed by atoms with Gasteiger partial charge in [0.1, 0.15) is 5.82 Å². The molecule has 0 saturated heterocycles. The monoisotopic (exact) mass is 295 g/mol. The number of alkyl halides is 1. The van der Waals surface area contributed by atoms with Gasteiger partial charge in [0.05, 0.1) is 22.3 Å². The molecule has 2 aromatic heterocycles. The Bertz CT molecular complexity index is 573. The molecule has 1 aliphatic rings. The van der Waals surface area contributed by atoms with Gasteiger partial charge in [-0.1, -0.05) is 0 Å². The fourth-order valence-electron chi connectivity index (χ4n) is 2.76. The summed E-state index contributed by atoms with van der Waals surface area (Å²) in [6.45, 7) is 3.10. The molecule has 0 unspecified atom stereocenters. The van der Waals surface area contributed by atoms with Crippen LogP contribution in [-0.2, 0) is 31.7 Å². The molecule has 2 aromatic rings. The number of rotatable bonds is 4. The Balaban J connectivity index is 1.74. The van der Waals surface area contributed by atoms with Gasteiger partial charge in [-0.3, -0.25) is 0 Å². The molecule has 19 heavy (non-hydrogen) atoms. The summed E-state index contributed by atoms with van der Waals surface area (Å²) >= 11 is 7.50. The molecular weight excluding hydrogens is 278 g/mol. The molecule has 1 aliphatic carbocycles. The number of fused-ring (bicyclic) bond motifs is 1. The third kappa shape index (κ3) is 2.70. The van der Waals surface area contributed by atoms with E-state index < -0.39 is 0 Å². The number of nitrogens with zero attached hydrogens (tertiary/aromatic N) is 3. The molecule has 0 aromatic carbocycles. The van der Waals surface area contributed by atoms with Crippen molar-refractivity contribution in [3.8, 4) is 0 Å². The first-order valence-electron chi connectivity index (χ1n) is 6.82. The van der Waals surface area contributed by atoms with E-state index >= 15 is 0 Å². The van der Waals surface area contributed by atoms with Gasteiger partial charge in [-0.25, -0.2) is 9.97 Å². The second-order valence-corrected chi connectivity index (χ2v) is 6.24. The molecule has 0 atom stereocenters. The zero-order chi connectivity index (χ0) is 13.2. The van der Waals surface area contributed by atoms with Crippen LogP contribution in [0.4, 0.5) is 0 Å². The summed E-state index contributed by atoms with van der Waals surface area (Å²) in [7, 11) is 0. The smallest absolute Gasteiger partial charge is 0.106 e. The molecule has 0 N–H and O–H groups in total. The summed E-state index contributed by atoms with van der Waals surface area (Å²) in [5.74, 6) is 1.66. The first kappa shape index (κ1) is 13.1. The summed E-state index contributed by atoms with van der Waals surface area (Å²) in [6, 6.07) is 0. The maximum atomic E-state index is 5.79. The third-order valence-electron chi connectivity index (χ3n) is 3.71. The van der Waals surface area contributed by atoms with Crippen LogP contribution in [0.15, 0.2) is 5.38 Å². The van der Waals surface area contributed by atoms with E-state index in [0.717, 1.165) is 30.9 Å². The van der Waals surface area contributed by atoms with Crippen LogP contribution >= 0.6 is 22.9 Å². The normalized spacial score (nSPS) is 14.6. The van der Waals surface area contributed by atoms with Crippen LogP contribution in [0.5, 0.6) is 0 Å². The number of aryl methyl sites for hydroxylation is 3. The van der Waals surface area contributed by atoms with Crippen LogP contribution in [0, 0.1) is 6.92 Å². The van der Waals surface area contributed by atoms with Crippen molar-refractivity contribution in [1.29, 1.82) is 0 Å². The van der Waals surface area contributed by atoms with Gasteiger partial charge < -0.3 is 4.57 Å². The summed E-state index contributed by atoms with van der Waals surface area (Å²) in [6.07, 6.45) is 5.89. The Hall–Kier alpha value is -0.870. The lowest BCUT2D eigenvalue weighted by Gasteiger charge is -2.14. The van der Waals surface area contributed by atoms with Gasteiger partial charge in [0.2, 0.25) is 0 Å². The molecule has 102 valence electrons. The molecule has 0 saturated carbocycles. The van der Waals surface area contributed by atoms with E-state index in [1.54, 1.807) is 11.3 Å². The predicted molar refractivity (Wildman–Crippen MR) is 79.0 cm³/mol. The lowest BCUT2D eigenvalue weighted by Crippen LogP contribution is -2.11. The average molecular weight is 296 g/mol. The van der Waals surface area contributed by atoms with E-state index in [0.29, 0.717) is 5.88 Å². The zero-order valence-corrected chi connectivity index (χ0v) is 12.7. The van der Waals surface area contributed by atoms with Crippen LogP contribution in [0.25, 0.3) is 0 Å². The van der Waals surface area contributed by atoms with Crippen LogP contribution in [0.2, 0.25) is 0 Å². The first-order chi connectivity index (χ1) is 9.28. The molecule has 0 radical (unpaired) electrons. The second kappa shape index (κ2) is 5.63. The lowest BCUT2D eigenvalue weighted by atomic mass is 10.0. The number of halogens is 1. The standard InChI is InChI=1S/C14H18ClN3S/c1-10-16-12-4-2-3-5-13(12)18(10)7-6-14-17-11(8-15)9-19-14/h9H,2-8H2,1H3. The number of hydrogen-bond donors (Lipinski definition) is 0. The minimum atomic E-state index is 0.510. The number of aromatic nitrogens is 3. The van der Waals surface area contributed by atoms with E-state index in [-0.39, 0.29) is 0 Å². The Morgan fingerprint density at radius 3 is 2.95 bits per heavy atom. The molecule has 0 fully saturated rings. The first-order valence-corrected chi connectivity index (χ1v) is 8.23. The highest BCUT2D eigenvalue weighted by molar-refractivity contribution is 7.09. The molecule has 3 rings (SSSR count). The van der Waals surface area contributed by atoms with Crippen molar-refractivity contribution in [2.75, 3.05) is 0 Å². The molecule has 0 spiro atoms. The van der Waals surface area contributed by atoms with Crippen LogP contribution in [0.1, 0.15) is 40.8 Å². The Morgan fingerprint density at radius 1 is 1.32 bits per heavy atom. The van der Waals surface area contributed by atoms with Crippen molar-refractivity contribution in [3.63, 3.8) is 0 Å². The minimum Gasteiger partial charge on any atom is -0.332 e. The fourth-order valence-corrected chi connectivity index (χ4v) is 3.78. The van der Waals surface area contributed by atoms with Crippen LogP contribution in [0.3, 0.4) is 0 Å². The Morgan fingerprint density at radius 2 is 2.16 bits per heavy atom. The van der Waals surface area contributed by atoms with Gasteiger partial charge in [-0.05, 0) is 32.6 Å². The van der Waals surface area contributed by atoms with Crippen molar-refractivity contribution in [1.82, 2.24) is 14.5 Å². The molecule has 5 heteroatoms. The van der Waals surface area contributed by atoms with E-state index in [1.165, 1.54) is 35.7 Å². The van der Waals surface area contributed by atoms with Crippen molar-refractivity contribution in [2.24, 2.45) is 0 Å². The molecule has 0 aliphatic heterocycles. The van der Waals surface area contributed by atoms with Gasteiger partial charge in [-0.15, -0.1) is 22.9 Å². The van der Waals surface area contributed by atoms with Gasteiger partial charge in [-0.2, -0.15) is 0 Å². The van der Waals surface area contributed by atoms with E-state index in [4.69, 9.17) is 16.6 Å². The highest BCUT2D eigenvalue weighted by Crippen LogP contribution is 2.23. The molecule has 0 bridgehead atoms. The lowest BCUT2D eigenvalue weighted by molar-refractivity contribution is 0.594. The highest BCUT2D eigenvalue weighted by atomic mass is 35.5. The highest BCUT2D eigenvalue weighted by Gasteiger charge is 2.17. The van der Waals surface area contributed by atoms with Crippen molar-refractivity contribution >= 4 is 22.9 Å². The van der Waals surface area contributed by atoms with Crippen molar-refractivity contribution in [2.45, 2.75) is 51.5 Å². The van der Waals surface area contributed by atoms with Crippen LogP contribution < -0.4 is 0 Å². The van der Waals surface area contributed by atoms with Crippen LogP contribution in [-0.4, -0.2) is 14.5 Å². The van der Waals surface area contributed by atoms with Gasteiger partial charge in [0.25, 0.3) is 0 Å². The van der Waals surface area contributed by atoms with Gasteiger partial charge >= 0.3 is 0 Å². The third-order valence-corrected chi connectivity index (χ3v) is 4.94. The number of hydrogen-bond acceptors (Lipinski definition) is 3. The summed E-state index contributed by atoms with van der Waals surface area (Å²) in [4.78, 5) is 9.23. The molecule has 3 nitrogen and oxygen atoms in total. The maximum Gasteiger partial charge on any atom is 0.106 e. The van der Waals surface area contributed by atoms with E-state index in [2.05, 4.69) is 21.9 Å².